The summed E-state index contributed by atoms with van der Waals surface area (Å²) in [5.74, 6) is -2.12. The third kappa shape index (κ3) is 5.84. The van der Waals surface area contributed by atoms with E-state index >= 15 is 0 Å². The fourth-order valence-corrected chi connectivity index (χ4v) is 1.98. The molecule has 0 unspecified atom stereocenters. The van der Waals surface area contributed by atoms with E-state index in [-0.39, 0.29) is 11.3 Å². The number of hydrogen-bond acceptors (Lipinski definition) is 6. The number of ether oxygens (including phenoxy) is 2. The van der Waals surface area contributed by atoms with Crippen molar-refractivity contribution in [2.75, 3.05) is 12.4 Å². The van der Waals surface area contributed by atoms with Crippen LogP contribution < -0.4 is 4.74 Å². The van der Waals surface area contributed by atoms with Gasteiger partial charge in [0.1, 0.15) is 23.7 Å². The largest absolute Gasteiger partial charge is 0.461 e. The van der Waals surface area contributed by atoms with Crippen molar-refractivity contribution in [2.24, 2.45) is 0 Å². The van der Waals surface area contributed by atoms with Crippen LogP contribution in [0.2, 0.25) is 0 Å². The van der Waals surface area contributed by atoms with Gasteiger partial charge in [-0.25, -0.2) is 4.79 Å². The van der Waals surface area contributed by atoms with Gasteiger partial charge in [0.05, 0.1) is 0 Å². The molecule has 0 saturated heterocycles. The van der Waals surface area contributed by atoms with E-state index in [1.165, 1.54) is 19.1 Å². The number of halogens is 1. The average molecular weight is 414 g/mol. The first-order valence-corrected chi connectivity index (χ1v) is 7.98. The van der Waals surface area contributed by atoms with Crippen LogP contribution in [0.4, 0.5) is 0 Å². The number of rotatable bonds is 5. The van der Waals surface area contributed by atoms with Crippen molar-refractivity contribution >= 4 is 44.6 Å². The molecule has 20 heavy (non-hydrogen) atoms. The molecular formula is C11H11IO7S. The Morgan fingerprint density at radius 1 is 1.35 bits per heavy atom. The lowest BCUT2D eigenvalue weighted by Crippen LogP contribution is -2.16. The molecule has 0 saturated carbocycles. The molecule has 0 aliphatic carbocycles. The van der Waals surface area contributed by atoms with Crippen LogP contribution in [0.25, 0.3) is 0 Å². The van der Waals surface area contributed by atoms with Crippen LogP contribution in [0.15, 0.2) is 18.2 Å². The van der Waals surface area contributed by atoms with Gasteiger partial charge in [0.15, 0.2) is 0 Å². The average Bonchev–Trinajstić information content (AvgIpc) is 2.26. The van der Waals surface area contributed by atoms with Gasteiger partial charge in [0.25, 0.3) is 10.1 Å². The highest BCUT2D eigenvalue weighted by Gasteiger charge is 2.17. The SMILES string of the molecule is CC(=O)Oc1cc(I)ccc1C(=O)OCCS(=O)(=O)O. The fraction of sp³-hybridized carbons (Fsp3) is 0.273. The monoisotopic (exact) mass is 414 g/mol. The molecule has 1 N–H and O–H groups in total. The zero-order chi connectivity index (χ0) is 15.3. The molecule has 110 valence electrons. The maximum Gasteiger partial charge on any atom is 0.341 e. The standard InChI is InChI=1S/C11H11IO7S/c1-7(13)19-10-6-8(12)2-3-9(10)11(14)18-4-5-20(15,16)17/h2-3,6H,4-5H2,1H3,(H,15,16,17). The first kappa shape index (κ1) is 16.9. The second-order valence-corrected chi connectivity index (χ2v) is 6.47. The van der Waals surface area contributed by atoms with Gasteiger partial charge in [0.2, 0.25) is 0 Å². The minimum absolute atomic E-state index is 0.00375. The molecule has 1 aromatic rings. The maximum absolute atomic E-state index is 11.8. The normalized spacial score (nSPS) is 10.9. The Morgan fingerprint density at radius 2 is 2.00 bits per heavy atom. The van der Waals surface area contributed by atoms with E-state index in [9.17, 15) is 18.0 Å². The lowest BCUT2D eigenvalue weighted by Gasteiger charge is -2.09. The highest BCUT2D eigenvalue weighted by Crippen LogP contribution is 2.22. The van der Waals surface area contributed by atoms with Crippen molar-refractivity contribution in [3.63, 3.8) is 0 Å². The minimum Gasteiger partial charge on any atom is -0.461 e. The molecule has 1 aromatic carbocycles. The van der Waals surface area contributed by atoms with Crippen LogP contribution in [0.5, 0.6) is 5.75 Å². The van der Waals surface area contributed by atoms with E-state index in [4.69, 9.17) is 14.0 Å². The van der Waals surface area contributed by atoms with Crippen LogP contribution in [-0.4, -0.2) is 37.3 Å². The Hall–Kier alpha value is -1.20. The van der Waals surface area contributed by atoms with E-state index in [0.717, 1.165) is 3.57 Å². The number of benzene rings is 1. The Bertz CT molecular complexity index is 624. The molecule has 0 aliphatic rings. The summed E-state index contributed by atoms with van der Waals surface area (Å²) in [5, 5.41) is 0. The van der Waals surface area contributed by atoms with Crippen LogP contribution in [0.3, 0.4) is 0 Å². The van der Waals surface area contributed by atoms with Crippen molar-refractivity contribution in [1.82, 2.24) is 0 Å². The molecule has 0 radical (unpaired) electrons. The molecule has 7 nitrogen and oxygen atoms in total. The molecule has 0 fully saturated rings. The highest BCUT2D eigenvalue weighted by atomic mass is 127. The number of hydrogen-bond donors (Lipinski definition) is 1. The first-order chi connectivity index (χ1) is 9.19. The lowest BCUT2D eigenvalue weighted by molar-refractivity contribution is -0.131. The zero-order valence-corrected chi connectivity index (χ0v) is 13.3. The van der Waals surface area contributed by atoms with E-state index < -0.39 is 34.4 Å². The molecule has 1 rings (SSSR count). The number of carbonyl (C=O) groups is 2. The predicted molar refractivity (Wildman–Crippen MR) is 77.2 cm³/mol. The molecule has 0 aromatic heterocycles. The summed E-state index contributed by atoms with van der Waals surface area (Å²) in [5.41, 5.74) is -0.00375. The van der Waals surface area contributed by atoms with E-state index in [2.05, 4.69) is 0 Å². The summed E-state index contributed by atoms with van der Waals surface area (Å²) in [7, 11) is -4.20. The quantitative estimate of drug-likeness (QED) is 0.335. The second kappa shape index (κ2) is 6.99. The van der Waals surface area contributed by atoms with E-state index in [0.29, 0.717) is 0 Å². The summed E-state index contributed by atoms with van der Waals surface area (Å²) in [4.78, 5) is 22.7. The van der Waals surface area contributed by atoms with Gasteiger partial charge in [-0.05, 0) is 40.8 Å². The van der Waals surface area contributed by atoms with E-state index in [1.54, 1.807) is 6.07 Å². The van der Waals surface area contributed by atoms with E-state index in [1.807, 2.05) is 22.6 Å². The van der Waals surface area contributed by atoms with Gasteiger partial charge >= 0.3 is 11.9 Å². The minimum atomic E-state index is -4.20. The molecule has 0 spiro atoms. The third-order valence-corrected chi connectivity index (χ3v) is 3.35. The van der Waals surface area contributed by atoms with Crippen molar-refractivity contribution < 1.29 is 32.0 Å². The predicted octanol–water partition coefficient (Wildman–Crippen LogP) is 1.26. The third-order valence-electron chi connectivity index (χ3n) is 1.99. The van der Waals surface area contributed by atoms with Gasteiger partial charge in [-0.15, -0.1) is 0 Å². The maximum atomic E-state index is 11.8. The van der Waals surface area contributed by atoms with Gasteiger partial charge < -0.3 is 9.47 Å². The van der Waals surface area contributed by atoms with Crippen molar-refractivity contribution in [2.45, 2.75) is 6.92 Å². The van der Waals surface area contributed by atoms with Gasteiger partial charge in [-0.3, -0.25) is 9.35 Å². The first-order valence-electron chi connectivity index (χ1n) is 5.29. The smallest absolute Gasteiger partial charge is 0.341 e. The van der Waals surface area contributed by atoms with Gasteiger partial charge in [0, 0.05) is 10.5 Å². The molecular weight excluding hydrogens is 403 g/mol. The molecule has 0 aliphatic heterocycles. The fourth-order valence-electron chi connectivity index (χ4n) is 1.22. The Labute approximate surface area is 129 Å². The molecule has 9 heteroatoms. The summed E-state index contributed by atoms with van der Waals surface area (Å²) in [6.45, 7) is 0.691. The molecule has 0 heterocycles. The van der Waals surface area contributed by atoms with Crippen molar-refractivity contribution in [3.8, 4) is 5.75 Å². The van der Waals surface area contributed by atoms with Crippen LogP contribution in [-0.2, 0) is 19.6 Å². The molecule has 0 amide bonds. The van der Waals surface area contributed by atoms with Crippen LogP contribution >= 0.6 is 22.6 Å². The topological polar surface area (TPSA) is 107 Å². The van der Waals surface area contributed by atoms with Crippen LogP contribution in [0.1, 0.15) is 17.3 Å². The highest BCUT2D eigenvalue weighted by molar-refractivity contribution is 14.1. The van der Waals surface area contributed by atoms with Gasteiger partial charge in [-0.1, -0.05) is 0 Å². The van der Waals surface area contributed by atoms with Crippen molar-refractivity contribution in [1.29, 1.82) is 0 Å². The Kier molecular flexibility index (Phi) is 5.89. The van der Waals surface area contributed by atoms with Crippen LogP contribution in [0, 0.1) is 3.57 Å². The molecule has 0 bridgehead atoms. The summed E-state index contributed by atoms with van der Waals surface area (Å²) < 4.78 is 39.8. The summed E-state index contributed by atoms with van der Waals surface area (Å²) >= 11 is 1.98. The van der Waals surface area contributed by atoms with Crippen molar-refractivity contribution in [3.05, 3.63) is 27.3 Å². The second-order valence-electron chi connectivity index (χ2n) is 3.66. The molecule has 0 atom stereocenters. The number of esters is 2. The van der Waals surface area contributed by atoms with Gasteiger partial charge in [-0.2, -0.15) is 8.42 Å². The zero-order valence-electron chi connectivity index (χ0n) is 10.3. The summed E-state index contributed by atoms with van der Waals surface area (Å²) in [6, 6.07) is 4.48. The Morgan fingerprint density at radius 3 is 2.55 bits per heavy atom. The summed E-state index contributed by atoms with van der Waals surface area (Å²) in [6.07, 6.45) is 0. The lowest BCUT2D eigenvalue weighted by atomic mass is 10.2. The Balaban J connectivity index is 2.84. The number of carbonyl (C=O) groups excluding carboxylic acids is 2.